The molecule has 0 spiro atoms. The molecule has 2 N–H and O–H groups in total. The maximum atomic E-state index is 12.4. The number of likely N-dealkylation sites (tertiary alicyclic amines) is 1. The molecule has 2 aromatic carbocycles. The number of rotatable bonds is 7. The number of nitrogens with one attached hydrogen (secondary N) is 2. The predicted octanol–water partition coefficient (Wildman–Crippen LogP) is 3.76. The van der Waals surface area contributed by atoms with E-state index in [1.54, 1.807) is 24.3 Å². The third-order valence-electron chi connectivity index (χ3n) is 4.47. The Kier molecular flexibility index (Phi) is 6.53. The van der Waals surface area contributed by atoms with Crippen LogP contribution in [0.1, 0.15) is 37.0 Å². The van der Waals surface area contributed by atoms with Gasteiger partial charge in [0.15, 0.2) is 0 Å². The van der Waals surface area contributed by atoms with E-state index in [-0.39, 0.29) is 24.5 Å². The molecule has 0 saturated carbocycles. The van der Waals surface area contributed by atoms with E-state index in [2.05, 4.69) is 10.6 Å². The van der Waals surface area contributed by atoms with Crippen molar-refractivity contribution in [3.63, 3.8) is 0 Å². The predicted molar refractivity (Wildman–Crippen MR) is 111 cm³/mol. The molecule has 6 nitrogen and oxygen atoms in total. The normalized spacial score (nSPS) is 13.5. The van der Waals surface area contributed by atoms with E-state index in [9.17, 15) is 9.59 Å². The molecule has 0 aromatic heterocycles. The third kappa shape index (κ3) is 5.49. The molecular weight excluding hydrogens is 354 g/mol. The quantitative estimate of drug-likeness (QED) is 0.766. The Bertz CT molecular complexity index is 812. The zero-order valence-corrected chi connectivity index (χ0v) is 16.4. The number of amides is 2. The van der Waals surface area contributed by atoms with Gasteiger partial charge in [-0.15, -0.1) is 0 Å². The largest absolute Gasteiger partial charge is 0.491 e. The summed E-state index contributed by atoms with van der Waals surface area (Å²) in [5.74, 6) is 0.660. The second kappa shape index (κ2) is 9.26. The first-order valence-corrected chi connectivity index (χ1v) is 9.71. The highest BCUT2D eigenvalue weighted by molar-refractivity contribution is 5.96. The van der Waals surface area contributed by atoms with Gasteiger partial charge < -0.3 is 20.3 Å². The second-order valence-corrected chi connectivity index (χ2v) is 7.17. The lowest BCUT2D eigenvalue weighted by Gasteiger charge is -2.15. The Morgan fingerprint density at radius 1 is 1.04 bits per heavy atom. The number of ether oxygens (including phenoxy) is 1. The lowest BCUT2D eigenvalue weighted by atomic mass is 10.2. The Labute approximate surface area is 165 Å². The fraction of sp³-hybridized carbons (Fsp3) is 0.364. The fourth-order valence-corrected chi connectivity index (χ4v) is 3.14. The molecule has 148 valence electrons. The Balaban J connectivity index is 1.50. The first-order valence-electron chi connectivity index (χ1n) is 9.71. The van der Waals surface area contributed by atoms with Crippen molar-refractivity contribution in [2.75, 3.05) is 30.3 Å². The van der Waals surface area contributed by atoms with Crippen LogP contribution in [0.5, 0.6) is 5.75 Å². The minimum absolute atomic E-state index is 0.0561. The molecular formula is C22H27N3O3. The van der Waals surface area contributed by atoms with Crippen LogP contribution in [0.15, 0.2) is 48.5 Å². The standard InChI is InChI=1S/C22H27N3O3/c1-16(2)28-20-7-5-6-19(14-20)23-15-21(26)24-18-10-8-17(9-11-18)22(27)25-12-3-4-13-25/h5-11,14,16,23H,3-4,12-13,15H2,1-2H3,(H,24,26). The third-order valence-corrected chi connectivity index (χ3v) is 4.47. The van der Waals surface area contributed by atoms with Gasteiger partial charge in [0.05, 0.1) is 12.6 Å². The maximum Gasteiger partial charge on any atom is 0.253 e. The van der Waals surface area contributed by atoms with E-state index in [4.69, 9.17) is 4.74 Å². The molecule has 0 unspecified atom stereocenters. The molecule has 28 heavy (non-hydrogen) atoms. The summed E-state index contributed by atoms with van der Waals surface area (Å²) in [6, 6.07) is 14.6. The van der Waals surface area contributed by atoms with Gasteiger partial charge in [-0.05, 0) is 63.1 Å². The maximum absolute atomic E-state index is 12.4. The Hall–Kier alpha value is -3.02. The van der Waals surface area contributed by atoms with Gasteiger partial charge in [0.25, 0.3) is 5.91 Å². The minimum Gasteiger partial charge on any atom is -0.491 e. The molecule has 0 aliphatic carbocycles. The van der Waals surface area contributed by atoms with E-state index < -0.39 is 0 Å². The Morgan fingerprint density at radius 3 is 2.43 bits per heavy atom. The molecule has 1 fully saturated rings. The van der Waals surface area contributed by atoms with Crippen molar-refractivity contribution in [3.8, 4) is 5.75 Å². The molecule has 0 bridgehead atoms. The van der Waals surface area contributed by atoms with Gasteiger partial charge in [0, 0.05) is 36.1 Å². The summed E-state index contributed by atoms with van der Waals surface area (Å²) < 4.78 is 5.65. The summed E-state index contributed by atoms with van der Waals surface area (Å²) in [6.07, 6.45) is 2.23. The molecule has 1 saturated heterocycles. The number of benzene rings is 2. The van der Waals surface area contributed by atoms with Gasteiger partial charge >= 0.3 is 0 Å². The minimum atomic E-state index is -0.159. The van der Waals surface area contributed by atoms with Crippen LogP contribution in [-0.4, -0.2) is 42.5 Å². The van der Waals surface area contributed by atoms with E-state index in [1.165, 1.54) is 0 Å². The van der Waals surface area contributed by atoms with Crippen LogP contribution in [-0.2, 0) is 4.79 Å². The van der Waals surface area contributed by atoms with Crippen LogP contribution in [0.4, 0.5) is 11.4 Å². The lowest BCUT2D eigenvalue weighted by Crippen LogP contribution is -2.27. The highest BCUT2D eigenvalue weighted by Crippen LogP contribution is 2.19. The van der Waals surface area contributed by atoms with Gasteiger partial charge in [-0.2, -0.15) is 0 Å². The number of carbonyl (C=O) groups is 2. The Morgan fingerprint density at radius 2 is 1.75 bits per heavy atom. The van der Waals surface area contributed by atoms with Crippen LogP contribution in [0.2, 0.25) is 0 Å². The van der Waals surface area contributed by atoms with Crippen LogP contribution < -0.4 is 15.4 Å². The molecule has 2 aromatic rings. The van der Waals surface area contributed by atoms with E-state index in [0.29, 0.717) is 11.3 Å². The van der Waals surface area contributed by atoms with Crippen LogP contribution in [0.3, 0.4) is 0 Å². The molecule has 2 amide bonds. The van der Waals surface area contributed by atoms with Gasteiger partial charge in [-0.3, -0.25) is 9.59 Å². The molecule has 0 atom stereocenters. The van der Waals surface area contributed by atoms with Crippen molar-refractivity contribution >= 4 is 23.2 Å². The van der Waals surface area contributed by atoms with Gasteiger partial charge in [-0.25, -0.2) is 0 Å². The zero-order chi connectivity index (χ0) is 19.9. The molecule has 1 heterocycles. The molecule has 0 radical (unpaired) electrons. The van der Waals surface area contributed by atoms with Gasteiger partial charge in [0.1, 0.15) is 5.75 Å². The van der Waals surface area contributed by atoms with Crippen molar-refractivity contribution in [3.05, 3.63) is 54.1 Å². The summed E-state index contributed by atoms with van der Waals surface area (Å²) in [5, 5.41) is 5.93. The first-order chi connectivity index (χ1) is 13.5. The number of nitrogens with zero attached hydrogens (tertiary/aromatic N) is 1. The van der Waals surface area contributed by atoms with Crippen molar-refractivity contribution in [2.24, 2.45) is 0 Å². The van der Waals surface area contributed by atoms with Crippen LogP contribution in [0, 0.1) is 0 Å². The summed E-state index contributed by atoms with van der Waals surface area (Å²) in [4.78, 5) is 26.4. The van der Waals surface area contributed by atoms with E-state index >= 15 is 0 Å². The number of carbonyl (C=O) groups excluding carboxylic acids is 2. The van der Waals surface area contributed by atoms with E-state index in [1.807, 2.05) is 43.0 Å². The second-order valence-electron chi connectivity index (χ2n) is 7.17. The number of hydrogen-bond donors (Lipinski definition) is 2. The zero-order valence-electron chi connectivity index (χ0n) is 16.4. The topological polar surface area (TPSA) is 70.7 Å². The van der Waals surface area contributed by atoms with Gasteiger partial charge in [-0.1, -0.05) is 6.07 Å². The first kappa shape index (κ1) is 19.7. The molecule has 3 rings (SSSR count). The van der Waals surface area contributed by atoms with Crippen molar-refractivity contribution in [1.29, 1.82) is 0 Å². The summed E-state index contributed by atoms with van der Waals surface area (Å²) >= 11 is 0. The van der Waals surface area contributed by atoms with Crippen molar-refractivity contribution < 1.29 is 14.3 Å². The van der Waals surface area contributed by atoms with E-state index in [0.717, 1.165) is 37.4 Å². The molecule has 1 aliphatic rings. The smallest absolute Gasteiger partial charge is 0.253 e. The monoisotopic (exact) mass is 381 g/mol. The highest BCUT2D eigenvalue weighted by Gasteiger charge is 2.19. The summed E-state index contributed by atoms with van der Waals surface area (Å²) in [6.45, 7) is 5.73. The average molecular weight is 381 g/mol. The van der Waals surface area contributed by atoms with Gasteiger partial charge in [0.2, 0.25) is 5.91 Å². The number of anilines is 2. The molecule has 1 aliphatic heterocycles. The summed E-state index contributed by atoms with van der Waals surface area (Å²) in [7, 11) is 0. The average Bonchev–Trinajstić information content (AvgIpc) is 3.21. The highest BCUT2D eigenvalue weighted by atomic mass is 16.5. The van der Waals surface area contributed by atoms with Crippen molar-refractivity contribution in [2.45, 2.75) is 32.8 Å². The molecule has 6 heteroatoms. The van der Waals surface area contributed by atoms with Crippen molar-refractivity contribution in [1.82, 2.24) is 4.90 Å². The SMILES string of the molecule is CC(C)Oc1cccc(NCC(=O)Nc2ccc(C(=O)N3CCCC3)cc2)c1. The van der Waals surface area contributed by atoms with Crippen LogP contribution >= 0.6 is 0 Å². The fourth-order valence-electron chi connectivity index (χ4n) is 3.14. The lowest BCUT2D eigenvalue weighted by molar-refractivity contribution is -0.114. The number of hydrogen-bond acceptors (Lipinski definition) is 4. The van der Waals surface area contributed by atoms with Crippen LogP contribution in [0.25, 0.3) is 0 Å². The summed E-state index contributed by atoms with van der Waals surface area (Å²) in [5.41, 5.74) is 2.14.